The molecule has 4 nitrogen and oxygen atoms in total. The van der Waals surface area contributed by atoms with Crippen LogP contribution in [0.3, 0.4) is 0 Å². The summed E-state index contributed by atoms with van der Waals surface area (Å²) in [4.78, 5) is 0. The van der Waals surface area contributed by atoms with Crippen LogP contribution in [-0.4, -0.2) is 47.9 Å². The van der Waals surface area contributed by atoms with Gasteiger partial charge in [-0.15, -0.1) is 0 Å². The van der Waals surface area contributed by atoms with Gasteiger partial charge in [-0.25, -0.2) is 8.78 Å². The monoisotopic (exact) mass is 311 g/mol. The first-order valence-electron chi connectivity index (χ1n) is 6.73. The third-order valence-corrected chi connectivity index (χ3v) is 2.98. The van der Waals surface area contributed by atoms with E-state index >= 15 is 0 Å². The fourth-order valence-corrected chi connectivity index (χ4v) is 1.99. The number of likely N-dealkylation sites (N-methyl/N-ethyl adjacent to an activating group) is 1. The Hall–Kier alpha value is -1.15. The number of nitrogens with zero attached hydrogens (tertiary/aromatic N) is 2. The molecule has 0 aliphatic rings. The molecule has 0 amide bonds. The average Bonchev–Trinajstić information content (AvgIpc) is 2.67. The molecule has 0 aliphatic heterocycles. The van der Waals surface area contributed by atoms with E-state index in [2.05, 4.69) is 10.4 Å². The Morgan fingerprint density at radius 2 is 2.10 bits per heavy atom. The number of hydrogen-bond acceptors (Lipinski definition) is 3. The van der Waals surface area contributed by atoms with Crippen LogP contribution in [-0.2, 0) is 18.2 Å². The van der Waals surface area contributed by atoms with E-state index in [1.54, 1.807) is 11.7 Å². The van der Waals surface area contributed by atoms with Crippen LogP contribution in [0.4, 0.5) is 17.6 Å². The lowest BCUT2D eigenvalue weighted by atomic mass is 10.1. The molecule has 8 heteroatoms. The Labute approximate surface area is 121 Å². The molecule has 0 saturated carbocycles. The fourth-order valence-electron chi connectivity index (χ4n) is 1.99. The number of hydrogen-bond donors (Lipinski definition) is 1. The lowest BCUT2D eigenvalue weighted by Crippen LogP contribution is -2.39. The van der Waals surface area contributed by atoms with E-state index in [4.69, 9.17) is 4.74 Å². The Morgan fingerprint density at radius 3 is 2.57 bits per heavy atom. The highest BCUT2D eigenvalue weighted by Crippen LogP contribution is 2.22. The zero-order chi connectivity index (χ0) is 16.0. The number of nitrogens with one attached hydrogen (secondary N) is 1. The van der Waals surface area contributed by atoms with Crippen molar-refractivity contribution in [3.63, 3.8) is 0 Å². The third kappa shape index (κ3) is 5.62. The summed E-state index contributed by atoms with van der Waals surface area (Å²) in [5.41, 5.74) is 1.77. The van der Waals surface area contributed by atoms with Crippen LogP contribution in [0.5, 0.6) is 0 Å². The summed E-state index contributed by atoms with van der Waals surface area (Å²) in [5.74, 6) is -4.11. The van der Waals surface area contributed by atoms with Crippen molar-refractivity contribution in [1.82, 2.24) is 15.1 Å². The molecule has 1 aromatic heterocycles. The van der Waals surface area contributed by atoms with Gasteiger partial charge in [0.25, 0.3) is 0 Å². The van der Waals surface area contributed by atoms with E-state index in [1.165, 1.54) is 0 Å². The SMILES string of the molecule is CCNC(COCC(F)(F)C(F)F)Cc1cc(C)nn1C. The van der Waals surface area contributed by atoms with Crippen molar-refractivity contribution in [1.29, 1.82) is 0 Å². The first-order valence-corrected chi connectivity index (χ1v) is 6.73. The van der Waals surface area contributed by atoms with Crippen LogP contribution in [0.1, 0.15) is 18.3 Å². The second-order valence-corrected chi connectivity index (χ2v) is 4.94. The van der Waals surface area contributed by atoms with Gasteiger partial charge in [0.15, 0.2) is 0 Å². The Morgan fingerprint density at radius 1 is 1.43 bits per heavy atom. The van der Waals surface area contributed by atoms with Crippen LogP contribution in [0.25, 0.3) is 0 Å². The van der Waals surface area contributed by atoms with E-state index in [1.807, 2.05) is 19.9 Å². The summed E-state index contributed by atoms with van der Waals surface area (Å²) in [6.07, 6.45) is -3.19. The van der Waals surface area contributed by atoms with Gasteiger partial charge in [0.05, 0.1) is 12.3 Å². The molecular formula is C13H21F4N3O. The normalized spacial score (nSPS) is 13.9. The standard InChI is InChI=1S/C13H21F4N3O/c1-4-18-10(6-11-5-9(2)19-20(11)3)7-21-8-13(16,17)12(14)15/h5,10,12,18H,4,6-8H2,1-3H3. The van der Waals surface area contributed by atoms with E-state index in [9.17, 15) is 17.6 Å². The Kier molecular flexibility index (Phi) is 6.60. The van der Waals surface area contributed by atoms with Crippen LogP contribution >= 0.6 is 0 Å². The number of aromatic nitrogens is 2. The van der Waals surface area contributed by atoms with Crippen LogP contribution < -0.4 is 5.32 Å². The van der Waals surface area contributed by atoms with E-state index in [-0.39, 0.29) is 12.6 Å². The molecule has 1 rings (SSSR count). The molecule has 0 radical (unpaired) electrons. The van der Waals surface area contributed by atoms with Gasteiger partial charge in [0.2, 0.25) is 0 Å². The van der Waals surface area contributed by atoms with Crippen molar-refractivity contribution in [3.8, 4) is 0 Å². The maximum Gasteiger partial charge on any atom is 0.330 e. The zero-order valence-corrected chi connectivity index (χ0v) is 12.4. The molecule has 0 aromatic carbocycles. The molecule has 0 aliphatic carbocycles. The van der Waals surface area contributed by atoms with Crippen molar-refractivity contribution in [2.45, 2.75) is 38.7 Å². The maximum absolute atomic E-state index is 12.8. The summed E-state index contributed by atoms with van der Waals surface area (Å²) in [6, 6.07) is 1.65. The second-order valence-electron chi connectivity index (χ2n) is 4.94. The third-order valence-electron chi connectivity index (χ3n) is 2.98. The molecule has 0 saturated heterocycles. The van der Waals surface area contributed by atoms with Crippen molar-refractivity contribution in [3.05, 3.63) is 17.5 Å². The molecule has 0 spiro atoms. The van der Waals surface area contributed by atoms with Crippen LogP contribution in [0.15, 0.2) is 6.07 Å². The molecule has 0 bridgehead atoms. The minimum absolute atomic E-state index is 0.0691. The predicted molar refractivity (Wildman–Crippen MR) is 70.9 cm³/mol. The lowest BCUT2D eigenvalue weighted by Gasteiger charge is -2.20. The quantitative estimate of drug-likeness (QED) is 0.711. The van der Waals surface area contributed by atoms with Gasteiger partial charge < -0.3 is 10.1 Å². The first-order chi connectivity index (χ1) is 9.76. The molecular weight excluding hydrogens is 290 g/mol. The molecule has 1 atom stereocenters. The molecule has 122 valence electrons. The topological polar surface area (TPSA) is 39.1 Å². The largest absolute Gasteiger partial charge is 0.373 e. The number of ether oxygens (including phenoxy) is 1. The van der Waals surface area contributed by atoms with Crippen LogP contribution in [0.2, 0.25) is 0 Å². The summed E-state index contributed by atoms with van der Waals surface area (Å²) in [5, 5.41) is 7.28. The van der Waals surface area contributed by atoms with Crippen molar-refractivity contribution >= 4 is 0 Å². The number of aryl methyl sites for hydroxylation is 2. The Balaban J connectivity index is 2.52. The summed E-state index contributed by atoms with van der Waals surface area (Å²) in [7, 11) is 1.79. The smallest absolute Gasteiger partial charge is 0.330 e. The summed E-state index contributed by atoms with van der Waals surface area (Å²) < 4.78 is 56.1. The maximum atomic E-state index is 12.8. The molecule has 1 unspecified atom stereocenters. The zero-order valence-electron chi connectivity index (χ0n) is 12.4. The number of halogens is 4. The summed E-state index contributed by atoms with van der Waals surface area (Å²) in [6.45, 7) is 2.99. The van der Waals surface area contributed by atoms with Gasteiger partial charge in [0.1, 0.15) is 6.61 Å². The van der Waals surface area contributed by atoms with Crippen molar-refractivity contribution in [2.75, 3.05) is 19.8 Å². The number of alkyl halides is 4. The van der Waals surface area contributed by atoms with Gasteiger partial charge in [-0.1, -0.05) is 6.92 Å². The van der Waals surface area contributed by atoms with E-state index in [0.29, 0.717) is 13.0 Å². The van der Waals surface area contributed by atoms with Crippen LogP contribution in [0, 0.1) is 6.92 Å². The first kappa shape index (κ1) is 17.9. The predicted octanol–water partition coefficient (Wildman–Crippen LogP) is 2.17. The van der Waals surface area contributed by atoms with Gasteiger partial charge in [-0.3, -0.25) is 4.68 Å². The van der Waals surface area contributed by atoms with Gasteiger partial charge >= 0.3 is 12.3 Å². The van der Waals surface area contributed by atoms with Gasteiger partial charge in [0, 0.05) is 25.2 Å². The highest BCUT2D eigenvalue weighted by molar-refractivity contribution is 5.10. The number of rotatable bonds is 9. The Bertz CT molecular complexity index is 437. The van der Waals surface area contributed by atoms with Gasteiger partial charge in [-0.05, 0) is 19.5 Å². The average molecular weight is 311 g/mol. The molecule has 1 aromatic rings. The van der Waals surface area contributed by atoms with E-state index in [0.717, 1.165) is 11.4 Å². The van der Waals surface area contributed by atoms with Crippen molar-refractivity contribution in [2.24, 2.45) is 7.05 Å². The second kappa shape index (κ2) is 7.74. The fraction of sp³-hybridized carbons (Fsp3) is 0.769. The molecule has 21 heavy (non-hydrogen) atoms. The van der Waals surface area contributed by atoms with E-state index < -0.39 is 19.0 Å². The highest BCUT2D eigenvalue weighted by atomic mass is 19.3. The minimum atomic E-state index is -4.11. The molecule has 1 N–H and O–H groups in total. The highest BCUT2D eigenvalue weighted by Gasteiger charge is 2.41. The van der Waals surface area contributed by atoms with Crippen molar-refractivity contribution < 1.29 is 22.3 Å². The lowest BCUT2D eigenvalue weighted by molar-refractivity contribution is -0.167. The molecule has 1 heterocycles. The molecule has 0 fully saturated rings. The summed E-state index contributed by atoms with van der Waals surface area (Å²) >= 11 is 0. The minimum Gasteiger partial charge on any atom is -0.373 e. The van der Waals surface area contributed by atoms with Gasteiger partial charge in [-0.2, -0.15) is 13.9 Å².